The van der Waals surface area contributed by atoms with Gasteiger partial charge in [0.25, 0.3) is 0 Å². The third kappa shape index (κ3) is 1.52. The first-order chi connectivity index (χ1) is 8.25. The lowest BCUT2D eigenvalue weighted by Gasteiger charge is -2.00. The molecule has 0 atom stereocenters. The fourth-order valence-corrected chi connectivity index (χ4v) is 2.05. The molecular formula is C14H10NO2+. The van der Waals surface area contributed by atoms with Gasteiger partial charge in [-0.2, -0.15) is 4.40 Å². The van der Waals surface area contributed by atoms with Crippen LogP contribution in [0.3, 0.4) is 0 Å². The zero-order valence-electron chi connectivity index (χ0n) is 9.00. The number of carboxylic acids is 1. The van der Waals surface area contributed by atoms with Crippen LogP contribution >= 0.6 is 0 Å². The lowest BCUT2D eigenvalue weighted by atomic mass is 10.1. The van der Waals surface area contributed by atoms with E-state index in [9.17, 15) is 4.79 Å². The van der Waals surface area contributed by atoms with Gasteiger partial charge in [-0.1, -0.05) is 12.1 Å². The van der Waals surface area contributed by atoms with Crippen molar-refractivity contribution < 1.29 is 14.3 Å². The summed E-state index contributed by atoms with van der Waals surface area (Å²) in [7, 11) is 0. The summed E-state index contributed by atoms with van der Waals surface area (Å²) in [5, 5.41) is 10.8. The van der Waals surface area contributed by atoms with Gasteiger partial charge in [-0.05, 0) is 17.5 Å². The fraction of sp³-hybridized carbons (Fsp3) is 0. The normalized spacial score (nSPS) is 10.8. The number of rotatable bonds is 1. The summed E-state index contributed by atoms with van der Waals surface area (Å²) in [6, 6.07) is 13.2. The molecule has 0 saturated heterocycles. The summed E-state index contributed by atoms with van der Waals surface area (Å²) in [6.07, 6.45) is 3.77. The Labute approximate surface area is 97.6 Å². The Morgan fingerprint density at radius 2 is 2.00 bits per heavy atom. The summed E-state index contributed by atoms with van der Waals surface area (Å²) in [4.78, 5) is 11.1. The molecule has 2 heterocycles. The van der Waals surface area contributed by atoms with Crippen molar-refractivity contribution in [3.05, 3.63) is 60.4 Å². The minimum Gasteiger partial charge on any atom is -0.478 e. The van der Waals surface area contributed by atoms with Gasteiger partial charge in [0.2, 0.25) is 5.52 Å². The molecule has 2 aromatic heterocycles. The molecule has 3 heteroatoms. The maximum atomic E-state index is 11.1. The average molecular weight is 224 g/mol. The van der Waals surface area contributed by atoms with Crippen molar-refractivity contribution in [1.29, 1.82) is 0 Å². The number of aromatic nitrogens is 1. The molecule has 3 aromatic rings. The lowest BCUT2D eigenvalue weighted by Crippen LogP contribution is -2.20. The van der Waals surface area contributed by atoms with Crippen molar-refractivity contribution in [2.75, 3.05) is 0 Å². The maximum Gasteiger partial charge on any atom is 0.336 e. The molecule has 0 saturated carbocycles. The Balaban J connectivity index is 2.47. The molecule has 0 unspecified atom stereocenters. The minimum atomic E-state index is -0.897. The second-order valence-electron chi connectivity index (χ2n) is 3.92. The van der Waals surface area contributed by atoms with Gasteiger partial charge < -0.3 is 5.11 Å². The Morgan fingerprint density at radius 1 is 1.12 bits per heavy atom. The number of carbonyl (C=O) groups is 1. The van der Waals surface area contributed by atoms with Crippen LogP contribution in [0.1, 0.15) is 10.4 Å². The quantitative estimate of drug-likeness (QED) is 0.509. The SMILES string of the molecule is O=C(O)c1cccc2cc3cccc[n+]3cc12. The summed E-state index contributed by atoms with van der Waals surface area (Å²) < 4.78 is 1.93. The van der Waals surface area contributed by atoms with E-state index in [1.165, 1.54) is 0 Å². The molecule has 0 aliphatic carbocycles. The van der Waals surface area contributed by atoms with Crippen molar-refractivity contribution in [2.24, 2.45) is 0 Å². The Morgan fingerprint density at radius 3 is 2.82 bits per heavy atom. The molecule has 3 rings (SSSR count). The molecule has 1 aromatic carbocycles. The number of fused-ring (bicyclic) bond motifs is 2. The molecule has 1 N–H and O–H groups in total. The average Bonchev–Trinajstić information content (AvgIpc) is 2.35. The molecular weight excluding hydrogens is 214 g/mol. The number of pyridine rings is 2. The summed E-state index contributed by atoms with van der Waals surface area (Å²) in [5.41, 5.74) is 1.38. The zero-order valence-corrected chi connectivity index (χ0v) is 9.00. The maximum absolute atomic E-state index is 11.1. The molecule has 17 heavy (non-hydrogen) atoms. The number of benzene rings is 1. The lowest BCUT2D eigenvalue weighted by molar-refractivity contribution is -0.510. The molecule has 0 aliphatic rings. The largest absolute Gasteiger partial charge is 0.478 e. The third-order valence-electron chi connectivity index (χ3n) is 2.86. The highest BCUT2D eigenvalue weighted by molar-refractivity contribution is 6.03. The summed E-state index contributed by atoms with van der Waals surface area (Å²) >= 11 is 0. The van der Waals surface area contributed by atoms with Crippen LogP contribution in [0.2, 0.25) is 0 Å². The zero-order chi connectivity index (χ0) is 11.8. The van der Waals surface area contributed by atoms with Crippen LogP contribution in [0.4, 0.5) is 0 Å². The van der Waals surface area contributed by atoms with Gasteiger partial charge in [-0.3, -0.25) is 0 Å². The number of carboxylic acid groups (broad SMARTS) is 1. The summed E-state index contributed by atoms with van der Waals surface area (Å²) in [5.74, 6) is -0.897. The van der Waals surface area contributed by atoms with Crippen molar-refractivity contribution in [3.8, 4) is 0 Å². The van der Waals surface area contributed by atoms with Gasteiger partial charge in [0.05, 0.1) is 10.9 Å². The molecule has 0 amide bonds. The third-order valence-corrected chi connectivity index (χ3v) is 2.86. The monoisotopic (exact) mass is 224 g/mol. The van der Waals surface area contributed by atoms with Crippen LogP contribution in [0, 0.1) is 0 Å². The second kappa shape index (κ2) is 3.56. The standard InChI is InChI=1S/C14H9NO2/c16-14(17)12-6-3-4-10-8-11-5-1-2-7-15(11)9-13(10)12/h1-9H/p+1. The number of hydrogen-bond acceptors (Lipinski definition) is 1. The number of hydrogen-bond donors (Lipinski definition) is 1. The van der Waals surface area contributed by atoms with E-state index in [2.05, 4.69) is 0 Å². The Kier molecular flexibility index (Phi) is 2.05. The van der Waals surface area contributed by atoms with Crippen molar-refractivity contribution in [3.63, 3.8) is 0 Å². The smallest absolute Gasteiger partial charge is 0.336 e. The highest BCUT2D eigenvalue weighted by atomic mass is 16.4. The van der Waals surface area contributed by atoms with Crippen LogP contribution in [0.25, 0.3) is 16.3 Å². The number of nitrogens with zero attached hydrogens (tertiary/aromatic N) is 1. The second-order valence-corrected chi connectivity index (χ2v) is 3.92. The van der Waals surface area contributed by atoms with E-state index < -0.39 is 5.97 Å². The number of aromatic carboxylic acids is 1. The van der Waals surface area contributed by atoms with E-state index in [4.69, 9.17) is 5.11 Å². The van der Waals surface area contributed by atoms with E-state index in [0.717, 1.165) is 16.3 Å². The molecule has 0 radical (unpaired) electrons. The van der Waals surface area contributed by atoms with E-state index in [1.807, 2.05) is 47.1 Å². The van der Waals surface area contributed by atoms with Crippen molar-refractivity contribution in [1.82, 2.24) is 0 Å². The molecule has 0 bridgehead atoms. The van der Waals surface area contributed by atoms with Gasteiger partial charge in [0.1, 0.15) is 0 Å². The predicted molar refractivity (Wildman–Crippen MR) is 64.1 cm³/mol. The van der Waals surface area contributed by atoms with Gasteiger partial charge in [0.15, 0.2) is 12.4 Å². The van der Waals surface area contributed by atoms with Gasteiger partial charge >= 0.3 is 5.97 Å². The highest BCUT2D eigenvalue weighted by Gasteiger charge is 2.12. The van der Waals surface area contributed by atoms with Crippen molar-refractivity contribution >= 4 is 22.3 Å². The topological polar surface area (TPSA) is 41.4 Å². The van der Waals surface area contributed by atoms with E-state index in [-0.39, 0.29) is 0 Å². The van der Waals surface area contributed by atoms with E-state index >= 15 is 0 Å². The van der Waals surface area contributed by atoms with E-state index in [1.54, 1.807) is 12.1 Å². The van der Waals surface area contributed by atoms with Crippen LogP contribution < -0.4 is 4.40 Å². The fourth-order valence-electron chi connectivity index (χ4n) is 2.05. The van der Waals surface area contributed by atoms with Gasteiger partial charge in [-0.15, -0.1) is 0 Å². The minimum absolute atomic E-state index is 0.334. The Bertz CT molecular complexity index is 734. The molecule has 0 fully saturated rings. The highest BCUT2D eigenvalue weighted by Crippen LogP contribution is 2.18. The first-order valence-electron chi connectivity index (χ1n) is 5.32. The molecule has 82 valence electrons. The Hall–Kier alpha value is -2.42. The van der Waals surface area contributed by atoms with Gasteiger partial charge in [0, 0.05) is 18.2 Å². The first-order valence-corrected chi connectivity index (χ1v) is 5.32. The van der Waals surface area contributed by atoms with Crippen LogP contribution in [0.15, 0.2) is 54.9 Å². The van der Waals surface area contributed by atoms with Gasteiger partial charge in [-0.25, -0.2) is 4.79 Å². The first kappa shape index (κ1) is 9.78. The molecule has 0 aliphatic heterocycles. The van der Waals surface area contributed by atoms with E-state index in [0.29, 0.717) is 5.56 Å². The predicted octanol–water partition coefficient (Wildman–Crippen LogP) is 2.28. The molecule has 0 spiro atoms. The van der Waals surface area contributed by atoms with Crippen LogP contribution in [0.5, 0.6) is 0 Å². The van der Waals surface area contributed by atoms with Crippen LogP contribution in [-0.4, -0.2) is 11.1 Å². The van der Waals surface area contributed by atoms with Crippen LogP contribution in [-0.2, 0) is 0 Å². The summed E-state index contributed by atoms with van der Waals surface area (Å²) in [6.45, 7) is 0. The van der Waals surface area contributed by atoms with Crippen molar-refractivity contribution in [2.45, 2.75) is 0 Å². The molecule has 3 nitrogen and oxygen atoms in total.